The Morgan fingerprint density at radius 2 is 1.72 bits per heavy atom. The van der Waals surface area contributed by atoms with Gasteiger partial charge in [-0.15, -0.1) is 0 Å². The fourth-order valence-corrected chi connectivity index (χ4v) is 4.42. The molecule has 1 aromatic heterocycles. The second kappa shape index (κ2) is 8.55. The van der Waals surface area contributed by atoms with Crippen LogP contribution in [0, 0.1) is 6.92 Å². The van der Waals surface area contributed by atoms with Crippen molar-refractivity contribution in [3.63, 3.8) is 0 Å². The highest BCUT2D eigenvalue weighted by Gasteiger charge is 2.18. The van der Waals surface area contributed by atoms with E-state index < -0.39 is 5.97 Å². The maximum atomic E-state index is 11.8. The largest absolute Gasteiger partial charge is 0.477 e. The molecule has 0 radical (unpaired) electrons. The number of carbonyl (C=O) groups is 1. The predicted octanol–water partition coefficient (Wildman–Crippen LogP) is 5.62. The van der Waals surface area contributed by atoms with E-state index in [-0.39, 0.29) is 5.69 Å². The van der Waals surface area contributed by atoms with E-state index in [9.17, 15) is 9.90 Å². The lowest BCUT2D eigenvalue weighted by Crippen LogP contribution is -2.12. The first-order valence-electron chi connectivity index (χ1n) is 9.47. The van der Waals surface area contributed by atoms with E-state index in [1.54, 1.807) is 0 Å². The number of benzene rings is 3. The highest BCUT2D eigenvalue weighted by Crippen LogP contribution is 2.37. The summed E-state index contributed by atoms with van der Waals surface area (Å²) in [6.07, 6.45) is 0. The highest BCUT2D eigenvalue weighted by molar-refractivity contribution is 7.99. The maximum absolute atomic E-state index is 11.8. The number of carboxylic acid groups (broad SMARTS) is 1. The maximum Gasteiger partial charge on any atom is 0.353 e. The molecule has 0 unspecified atom stereocenters. The first-order chi connectivity index (χ1) is 14.1. The van der Waals surface area contributed by atoms with Crippen molar-refractivity contribution in [3.05, 3.63) is 95.2 Å². The number of fused-ring (bicyclic) bond motifs is 1. The third kappa shape index (κ3) is 4.53. The molecule has 4 rings (SSSR count). The summed E-state index contributed by atoms with van der Waals surface area (Å²) < 4.78 is 0. The summed E-state index contributed by atoms with van der Waals surface area (Å²) in [5, 5.41) is 14.0. The van der Waals surface area contributed by atoms with E-state index in [2.05, 4.69) is 47.6 Å². The number of aryl methyl sites for hydroxylation is 1. The van der Waals surface area contributed by atoms with Crippen LogP contribution >= 0.6 is 11.8 Å². The van der Waals surface area contributed by atoms with Crippen LogP contribution in [0.4, 0.5) is 0 Å². The minimum atomic E-state index is -0.946. The first kappa shape index (κ1) is 19.3. The van der Waals surface area contributed by atoms with Gasteiger partial charge in [0.25, 0.3) is 0 Å². The molecule has 1 heterocycles. The molecule has 0 fully saturated rings. The Hall–Kier alpha value is -3.02. The van der Waals surface area contributed by atoms with Gasteiger partial charge >= 0.3 is 5.97 Å². The lowest BCUT2D eigenvalue weighted by Gasteiger charge is -2.07. The van der Waals surface area contributed by atoms with E-state index >= 15 is 0 Å². The summed E-state index contributed by atoms with van der Waals surface area (Å²) in [5.74, 6) is -0.946. The van der Waals surface area contributed by atoms with Crippen molar-refractivity contribution in [3.8, 4) is 0 Å². The van der Waals surface area contributed by atoms with Crippen molar-refractivity contribution in [2.45, 2.75) is 29.8 Å². The third-order valence-electron chi connectivity index (χ3n) is 4.73. The molecule has 0 amide bonds. The summed E-state index contributed by atoms with van der Waals surface area (Å²) in [6, 6.07) is 24.4. The fraction of sp³-hybridized carbons (Fsp3) is 0.125. The Morgan fingerprint density at radius 1 is 0.966 bits per heavy atom. The van der Waals surface area contributed by atoms with E-state index in [1.807, 2.05) is 42.5 Å². The van der Waals surface area contributed by atoms with Gasteiger partial charge in [-0.2, -0.15) is 0 Å². The van der Waals surface area contributed by atoms with Gasteiger partial charge in [0, 0.05) is 28.9 Å². The topological polar surface area (TPSA) is 65.1 Å². The standard InChI is InChI=1S/C24H22N2O2S/c1-16-6-5-7-17(12-16)14-25-15-18-10-11-20-21(13-18)26-22(24(27)28)23(20)29-19-8-3-2-4-9-19/h2-13,25-26H,14-15H2,1H3,(H,27,28). The van der Waals surface area contributed by atoms with Gasteiger partial charge in [-0.05, 0) is 36.2 Å². The minimum Gasteiger partial charge on any atom is -0.477 e. The Bertz CT molecular complexity index is 1150. The Balaban J connectivity index is 1.55. The number of aromatic nitrogens is 1. The fourth-order valence-electron chi connectivity index (χ4n) is 3.37. The van der Waals surface area contributed by atoms with Gasteiger partial charge in [0.1, 0.15) is 5.69 Å². The van der Waals surface area contributed by atoms with Gasteiger partial charge < -0.3 is 15.4 Å². The van der Waals surface area contributed by atoms with E-state index in [4.69, 9.17) is 0 Å². The van der Waals surface area contributed by atoms with Crippen LogP contribution in [0.15, 0.2) is 82.6 Å². The molecule has 4 aromatic rings. The van der Waals surface area contributed by atoms with Crippen LogP contribution in [0.25, 0.3) is 10.9 Å². The molecule has 0 aliphatic rings. The molecule has 0 aliphatic heterocycles. The number of hydrogen-bond acceptors (Lipinski definition) is 3. The number of carboxylic acids is 1. The Labute approximate surface area is 174 Å². The van der Waals surface area contributed by atoms with Crippen LogP contribution in [0.2, 0.25) is 0 Å². The van der Waals surface area contributed by atoms with Crippen molar-refractivity contribution in [1.29, 1.82) is 0 Å². The summed E-state index contributed by atoms with van der Waals surface area (Å²) >= 11 is 1.47. The summed E-state index contributed by atoms with van der Waals surface area (Å²) in [4.78, 5) is 16.6. The molecule has 29 heavy (non-hydrogen) atoms. The number of aromatic amines is 1. The van der Waals surface area contributed by atoms with Crippen molar-refractivity contribution >= 4 is 28.6 Å². The summed E-state index contributed by atoms with van der Waals surface area (Å²) in [7, 11) is 0. The normalized spacial score (nSPS) is 11.1. The zero-order valence-corrected chi connectivity index (χ0v) is 16.9. The number of hydrogen-bond donors (Lipinski definition) is 3. The van der Waals surface area contributed by atoms with Gasteiger partial charge in [-0.1, -0.05) is 71.9 Å². The van der Waals surface area contributed by atoms with Crippen LogP contribution in [-0.2, 0) is 13.1 Å². The quantitative estimate of drug-likeness (QED) is 0.376. The molecule has 0 bridgehead atoms. The Kier molecular flexibility index (Phi) is 5.69. The SMILES string of the molecule is Cc1cccc(CNCc2ccc3c(Sc4ccccc4)c(C(=O)O)[nH]c3c2)c1. The molecular weight excluding hydrogens is 380 g/mol. The van der Waals surface area contributed by atoms with Crippen molar-refractivity contribution < 1.29 is 9.90 Å². The van der Waals surface area contributed by atoms with Gasteiger partial charge in [-0.3, -0.25) is 0 Å². The molecule has 0 saturated heterocycles. The first-order valence-corrected chi connectivity index (χ1v) is 10.3. The number of H-pyrrole nitrogens is 1. The molecule has 0 atom stereocenters. The molecule has 3 N–H and O–H groups in total. The molecule has 3 aromatic carbocycles. The lowest BCUT2D eigenvalue weighted by molar-refractivity contribution is 0.0688. The minimum absolute atomic E-state index is 0.235. The molecule has 146 valence electrons. The average molecular weight is 403 g/mol. The second-order valence-corrected chi connectivity index (χ2v) is 8.11. The number of rotatable bonds is 7. The summed E-state index contributed by atoms with van der Waals surface area (Å²) in [6.45, 7) is 3.60. The Morgan fingerprint density at radius 3 is 2.45 bits per heavy atom. The zero-order chi connectivity index (χ0) is 20.2. The highest BCUT2D eigenvalue weighted by atomic mass is 32.2. The van der Waals surface area contributed by atoms with E-state index in [0.29, 0.717) is 6.54 Å². The van der Waals surface area contributed by atoms with Crippen molar-refractivity contribution in [1.82, 2.24) is 10.3 Å². The number of aromatic carboxylic acids is 1. The van der Waals surface area contributed by atoms with Gasteiger partial charge in [-0.25, -0.2) is 4.79 Å². The molecule has 5 heteroatoms. The number of nitrogens with one attached hydrogen (secondary N) is 2. The van der Waals surface area contributed by atoms with Crippen LogP contribution in [0.3, 0.4) is 0 Å². The van der Waals surface area contributed by atoms with Gasteiger partial charge in [0.2, 0.25) is 0 Å². The lowest BCUT2D eigenvalue weighted by atomic mass is 10.1. The van der Waals surface area contributed by atoms with Gasteiger partial charge in [0.15, 0.2) is 0 Å². The molecular formula is C24H22N2O2S. The van der Waals surface area contributed by atoms with Crippen LogP contribution in [-0.4, -0.2) is 16.1 Å². The van der Waals surface area contributed by atoms with Crippen LogP contribution < -0.4 is 5.32 Å². The molecule has 0 spiro atoms. The monoisotopic (exact) mass is 402 g/mol. The van der Waals surface area contributed by atoms with Crippen molar-refractivity contribution in [2.75, 3.05) is 0 Å². The van der Waals surface area contributed by atoms with E-state index in [1.165, 1.54) is 22.9 Å². The van der Waals surface area contributed by atoms with Gasteiger partial charge in [0.05, 0.1) is 4.90 Å². The zero-order valence-electron chi connectivity index (χ0n) is 16.1. The van der Waals surface area contributed by atoms with E-state index in [0.717, 1.165) is 32.8 Å². The molecule has 0 aliphatic carbocycles. The summed E-state index contributed by atoms with van der Waals surface area (Å²) in [5.41, 5.74) is 4.69. The van der Waals surface area contributed by atoms with Crippen LogP contribution in [0.5, 0.6) is 0 Å². The predicted molar refractivity (Wildman–Crippen MR) is 118 cm³/mol. The smallest absolute Gasteiger partial charge is 0.353 e. The second-order valence-electron chi connectivity index (χ2n) is 7.02. The van der Waals surface area contributed by atoms with Crippen molar-refractivity contribution in [2.24, 2.45) is 0 Å². The van der Waals surface area contributed by atoms with Crippen LogP contribution in [0.1, 0.15) is 27.2 Å². The average Bonchev–Trinajstić information content (AvgIpc) is 3.07. The molecule has 0 saturated carbocycles. The molecule has 4 nitrogen and oxygen atoms in total. The third-order valence-corrected chi connectivity index (χ3v) is 5.87.